The number of nitrogens with one attached hydrogen (secondary N) is 1. The first-order valence-corrected chi connectivity index (χ1v) is 7.09. The van der Waals surface area contributed by atoms with Crippen molar-refractivity contribution in [2.75, 3.05) is 5.32 Å². The van der Waals surface area contributed by atoms with Crippen molar-refractivity contribution in [2.45, 2.75) is 52.6 Å². The zero-order valence-electron chi connectivity index (χ0n) is 12.7. The largest absolute Gasteiger partial charge is 0.478 e. The highest BCUT2D eigenvalue weighted by atomic mass is 32.1. The van der Waals surface area contributed by atoms with Gasteiger partial charge in [-0.3, -0.25) is 5.32 Å². The summed E-state index contributed by atoms with van der Waals surface area (Å²) in [5.74, 6) is -1.07. The second kappa shape index (κ2) is 5.44. The lowest BCUT2D eigenvalue weighted by molar-refractivity contribution is 0.0636. The fraction of sp³-hybridized carbons (Fsp3) is 0.571. The Hall–Kier alpha value is -1.56. The molecule has 20 heavy (non-hydrogen) atoms. The van der Waals surface area contributed by atoms with Crippen molar-refractivity contribution in [2.24, 2.45) is 0 Å². The number of hydrogen-bond donors (Lipinski definition) is 2. The lowest BCUT2D eigenvalue weighted by Crippen LogP contribution is -2.27. The smallest absolute Gasteiger partial charge is 0.412 e. The number of anilines is 1. The van der Waals surface area contributed by atoms with E-state index in [4.69, 9.17) is 4.74 Å². The zero-order chi connectivity index (χ0) is 15.7. The van der Waals surface area contributed by atoms with Gasteiger partial charge in [-0.1, -0.05) is 20.8 Å². The van der Waals surface area contributed by atoms with Crippen molar-refractivity contribution in [3.8, 4) is 0 Å². The molecule has 0 spiro atoms. The van der Waals surface area contributed by atoms with Crippen molar-refractivity contribution < 1.29 is 19.4 Å². The average Bonchev–Trinajstić information content (AvgIpc) is 2.57. The summed E-state index contributed by atoms with van der Waals surface area (Å²) >= 11 is 1.26. The molecule has 0 fully saturated rings. The Morgan fingerprint density at radius 2 is 1.75 bits per heavy atom. The molecule has 6 heteroatoms. The Morgan fingerprint density at radius 3 is 2.15 bits per heavy atom. The Bertz CT molecular complexity index is 520. The van der Waals surface area contributed by atoms with E-state index in [1.165, 1.54) is 11.3 Å². The van der Waals surface area contributed by atoms with Gasteiger partial charge in [-0.25, -0.2) is 9.59 Å². The van der Waals surface area contributed by atoms with Gasteiger partial charge in [-0.05, 0) is 32.3 Å². The van der Waals surface area contributed by atoms with E-state index in [2.05, 4.69) is 5.32 Å². The second-order valence-electron chi connectivity index (χ2n) is 6.54. The van der Waals surface area contributed by atoms with E-state index in [1.54, 1.807) is 26.8 Å². The summed E-state index contributed by atoms with van der Waals surface area (Å²) in [7, 11) is 0. The van der Waals surface area contributed by atoms with Crippen LogP contribution in [-0.4, -0.2) is 22.8 Å². The molecule has 2 N–H and O–H groups in total. The Kier molecular flexibility index (Phi) is 4.49. The number of aromatic carboxylic acids is 1. The first-order valence-electron chi connectivity index (χ1n) is 6.28. The first kappa shape index (κ1) is 16.5. The first-order chi connectivity index (χ1) is 8.90. The van der Waals surface area contributed by atoms with E-state index < -0.39 is 17.7 Å². The van der Waals surface area contributed by atoms with E-state index >= 15 is 0 Å². The second-order valence-corrected chi connectivity index (χ2v) is 7.59. The van der Waals surface area contributed by atoms with Crippen molar-refractivity contribution in [3.63, 3.8) is 0 Å². The maximum absolute atomic E-state index is 11.7. The summed E-state index contributed by atoms with van der Waals surface area (Å²) in [5.41, 5.74) is -0.717. The van der Waals surface area contributed by atoms with Gasteiger partial charge in [0.25, 0.3) is 0 Å². The van der Waals surface area contributed by atoms with Gasteiger partial charge in [0.05, 0.1) is 5.56 Å². The number of rotatable bonds is 2. The van der Waals surface area contributed by atoms with Crippen LogP contribution in [0.1, 0.15) is 56.8 Å². The number of carbonyl (C=O) groups is 2. The number of carboxylic acids is 1. The molecule has 0 aliphatic heterocycles. The zero-order valence-corrected chi connectivity index (χ0v) is 13.5. The molecule has 1 rings (SSSR count). The monoisotopic (exact) mass is 299 g/mol. The van der Waals surface area contributed by atoms with Gasteiger partial charge in [0.15, 0.2) is 0 Å². The highest BCUT2D eigenvalue weighted by Gasteiger charge is 2.25. The van der Waals surface area contributed by atoms with Crippen LogP contribution in [0.15, 0.2) is 6.07 Å². The van der Waals surface area contributed by atoms with Crippen LogP contribution in [-0.2, 0) is 10.2 Å². The van der Waals surface area contributed by atoms with E-state index in [-0.39, 0.29) is 11.0 Å². The fourth-order valence-corrected chi connectivity index (χ4v) is 2.50. The summed E-state index contributed by atoms with van der Waals surface area (Å²) in [6.07, 6.45) is -0.651. The molecule has 0 aliphatic carbocycles. The lowest BCUT2D eigenvalue weighted by Gasteiger charge is -2.19. The molecule has 0 unspecified atom stereocenters. The molecule has 112 valence electrons. The van der Waals surface area contributed by atoms with Gasteiger partial charge < -0.3 is 9.84 Å². The van der Waals surface area contributed by atoms with Crippen molar-refractivity contribution in [1.82, 2.24) is 0 Å². The van der Waals surface area contributed by atoms with Gasteiger partial charge in [0.2, 0.25) is 0 Å². The maximum atomic E-state index is 11.7. The van der Waals surface area contributed by atoms with Crippen LogP contribution in [0.2, 0.25) is 0 Å². The predicted octanol–water partition coefficient (Wildman–Crippen LogP) is 4.09. The number of thiophene rings is 1. The molecule has 0 saturated carbocycles. The summed E-state index contributed by atoms with van der Waals surface area (Å²) < 4.78 is 5.13. The lowest BCUT2D eigenvalue weighted by atomic mass is 9.94. The SMILES string of the molecule is CC(C)(C)OC(=O)Nc1sc(C(C)(C)C)cc1C(=O)O. The summed E-state index contributed by atoms with van der Waals surface area (Å²) in [6.45, 7) is 11.2. The third-order valence-electron chi connectivity index (χ3n) is 2.32. The minimum Gasteiger partial charge on any atom is -0.478 e. The normalized spacial score (nSPS) is 12.1. The topological polar surface area (TPSA) is 75.6 Å². The van der Waals surface area contributed by atoms with E-state index in [1.807, 2.05) is 20.8 Å². The molecule has 0 aromatic carbocycles. The molecular formula is C14H21NO4S. The Labute approximate surface area is 123 Å². The molecule has 0 radical (unpaired) electrons. The van der Waals surface area contributed by atoms with Gasteiger partial charge in [-0.2, -0.15) is 0 Å². The van der Waals surface area contributed by atoms with Crippen LogP contribution in [0, 0.1) is 0 Å². The number of ether oxygens (including phenoxy) is 1. The summed E-state index contributed by atoms with van der Waals surface area (Å²) in [4.78, 5) is 23.9. The summed E-state index contributed by atoms with van der Waals surface area (Å²) in [6, 6.07) is 1.60. The highest BCUT2D eigenvalue weighted by Crippen LogP contribution is 2.36. The van der Waals surface area contributed by atoms with E-state index in [0.29, 0.717) is 5.00 Å². The van der Waals surface area contributed by atoms with Crippen LogP contribution in [0.5, 0.6) is 0 Å². The van der Waals surface area contributed by atoms with Crippen LogP contribution in [0.25, 0.3) is 0 Å². The quantitative estimate of drug-likeness (QED) is 0.862. The molecule has 0 bridgehead atoms. The maximum Gasteiger partial charge on any atom is 0.412 e. The van der Waals surface area contributed by atoms with Crippen LogP contribution in [0.4, 0.5) is 9.80 Å². The third kappa shape index (κ3) is 4.52. The predicted molar refractivity (Wildman–Crippen MR) is 79.8 cm³/mol. The molecule has 1 aromatic heterocycles. The van der Waals surface area contributed by atoms with Gasteiger partial charge in [0, 0.05) is 4.88 Å². The molecule has 0 saturated heterocycles. The van der Waals surface area contributed by atoms with E-state index in [0.717, 1.165) is 4.88 Å². The molecule has 1 aromatic rings. The highest BCUT2D eigenvalue weighted by molar-refractivity contribution is 7.16. The Balaban J connectivity index is 3.02. The van der Waals surface area contributed by atoms with Crippen LogP contribution in [0.3, 0.4) is 0 Å². The molecular weight excluding hydrogens is 278 g/mol. The van der Waals surface area contributed by atoms with Gasteiger partial charge in [0.1, 0.15) is 10.6 Å². The number of carbonyl (C=O) groups excluding carboxylic acids is 1. The van der Waals surface area contributed by atoms with Crippen molar-refractivity contribution in [3.05, 3.63) is 16.5 Å². The van der Waals surface area contributed by atoms with Crippen molar-refractivity contribution in [1.29, 1.82) is 0 Å². The molecule has 1 heterocycles. The molecule has 5 nitrogen and oxygen atoms in total. The van der Waals surface area contributed by atoms with Gasteiger partial charge >= 0.3 is 12.1 Å². The minimum absolute atomic E-state index is 0.0887. The fourth-order valence-electron chi connectivity index (χ4n) is 1.41. The average molecular weight is 299 g/mol. The molecule has 0 aliphatic rings. The number of carboxylic acid groups (broad SMARTS) is 1. The molecule has 0 atom stereocenters. The van der Waals surface area contributed by atoms with Crippen molar-refractivity contribution >= 4 is 28.4 Å². The number of hydrogen-bond acceptors (Lipinski definition) is 4. The summed E-state index contributed by atoms with van der Waals surface area (Å²) in [5, 5.41) is 12.0. The van der Waals surface area contributed by atoms with Crippen LogP contribution < -0.4 is 5.32 Å². The minimum atomic E-state index is -1.07. The van der Waals surface area contributed by atoms with E-state index in [9.17, 15) is 14.7 Å². The number of amides is 1. The standard InChI is InChI=1S/C14H21NO4S/c1-13(2,3)9-7-8(11(16)17)10(20-9)15-12(18)19-14(4,5)6/h7H,1-6H3,(H,15,18)(H,16,17). The molecule has 1 amide bonds. The van der Waals surface area contributed by atoms with Gasteiger partial charge in [-0.15, -0.1) is 11.3 Å². The third-order valence-corrected chi connectivity index (χ3v) is 3.79. The Morgan fingerprint density at radius 1 is 1.20 bits per heavy atom. The van der Waals surface area contributed by atoms with Crippen LogP contribution >= 0.6 is 11.3 Å².